The van der Waals surface area contributed by atoms with E-state index in [0.717, 1.165) is 11.1 Å². The van der Waals surface area contributed by atoms with Gasteiger partial charge >= 0.3 is 0 Å². The van der Waals surface area contributed by atoms with E-state index >= 15 is 0 Å². The molecule has 4 N–H and O–H groups in total. The highest BCUT2D eigenvalue weighted by Gasteiger charge is 2.03. The highest BCUT2D eigenvalue weighted by molar-refractivity contribution is 5.65. The van der Waals surface area contributed by atoms with Crippen molar-refractivity contribution in [2.45, 2.75) is 0 Å². The summed E-state index contributed by atoms with van der Waals surface area (Å²) in [6, 6.07) is 22.5. The second kappa shape index (κ2) is 7.67. The highest BCUT2D eigenvalue weighted by atomic mass is 16.5. The van der Waals surface area contributed by atoms with Gasteiger partial charge in [0, 0.05) is 12.1 Å². The molecule has 6 nitrogen and oxygen atoms in total. The van der Waals surface area contributed by atoms with Gasteiger partial charge in [-0.1, -0.05) is 24.3 Å². The van der Waals surface area contributed by atoms with Crippen LogP contribution in [0.1, 0.15) is 0 Å². The number of hydrogen-bond donors (Lipinski definition) is 2. The molecule has 0 saturated carbocycles. The molecule has 2 heterocycles. The average molecular weight is 370 g/mol. The second-order valence-electron chi connectivity index (χ2n) is 6.11. The van der Waals surface area contributed by atoms with Crippen molar-refractivity contribution in [1.29, 1.82) is 0 Å². The van der Waals surface area contributed by atoms with Crippen LogP contribution in [-0.2, 0) is 0 Å². The zero-order valence-electron chi connectivity index (χ0n) is 14.9. The van der Waals surface area contributed by atoms with E-state index in [-0.39, 0.29) is 0 Å². The molecule has 6 heteroatoms. The Balaban J connectivity index is 1.43. The van der Waals surface area contributed by atoms with E-state index in [1.165, 1.54) is 0 Å². The van der Waals surface area contributed by atoms with Gasteiger partial charge in [0.15, 0.2) is 0 Å². The van der Waals surface area contributed by atoms with Gasteiger partial charge in [-0.3, -0.25) is 0 Å². The van der Waals surface area contributed by atoms with Crippen molar-refractivity contribution in [3.05, 3.63) is 85.2 Å². The lowest BCUT2D eigenvalue weighted by molar-refractivity contribution is 0.462. The van der Waals surface area contributed by atoms with E-state index in [2.05, 4.69) is 9.97 Å². The molecular weight excluding hydrogens is 352 g/mol. The van der Waals surface area contributed by atoms with Gasteiger partial charge < -0.3 is 20.9 Å². The van der Waals surface area contributed by atoms with Crippen molar-refractivity contribution in [2.75, 3.05) is 11.5 Å². The molecule has 2 aromatic heterocycles. The molecule has 0 saturated heterocycles. The topological polar surface area (TPSA) is 96.3 Å². The smallest absolute Gasteiger partial charge is 0.219 e. The lowest BCUT2D eigenvalue weighted by Crippen LogP contribution is -1.91. The van der Waals surface area contributed by atoms with Gasteiger partial charge in [0.05, 0.1) is 23.8 Å². The van der Waals surface area contributed by atoms with Crippen molar-refractivity contribution in [3.8, 4) is 34.4 Å². The Labute approximate surface area is 162 Å². The highest BCUT2D eigenvalue weighted by Crippen LogP contribution is 2.28. The van der Waals surface area contributed by atoms with Crippen LogP contribution >= 0.6 is 0 Å². The quantitative estimate of drug-likeness (QED) is 0.519. The molecule has 2 aromatic carbocycles. The monoisotopic (exact) mass is 370 g/mol. The second-order valence-corrected chi connectivity index (χ2v) is 6.11. The molecule has 0 aliphatic carbocycles. The standard InChI is InChI=1S/C22H18N4O2/c23-17-5-11-21(25-13-17)27-19-7-1-15(2-8-19)16-3-9-20(10-4-16)28-22-12-6-18(24)14-26-22/h1-14H,23-24H2. The molecular formula is C22H18N4O2. The van der Waals surface area contributed by atoms with Crippen LogP contribution < -0.4 is 20.9 Å². The third kappa shape index (κ3) is 4.19. The Hall–Kier alpha value is -4.06. The summed E-state index contributed by atoms with van der Waals surface area (Å²) in [7, 11) is 0. The maximum Gasteiger partial charge on any atom is 0.219 e. The number of nitrogen functional groups attached to an aromatic ring is 2. The molecule has 0 radical (unpaired) electrons. The minimum atomic E-state index is 0.500. The Morgan fingerprint density at radius 3 is 1.21 bits per heavy atom. The molecule has 0 fully saturated rings. The van der Waals surface area contributed by atoms with Gasteiger partial charge in [-0.05, 0) is 47.5 Å². The maximum absolute atomic E-state index is 5.72. The van der Waals surface area contributed by atoms with Crippen LogP contribution in [0.4, 0.5) is 11.4 Å². The summed E-state index contributed by atoms with van der Waals surface area (Å²) >= 11 is 0. The average Bonchev–Trinajstić information content (AvgIpc) is 2.73. The third-order valence-electron chi connectivity index (χ3n) is 4.01. The summed E-state index contributed by atoms with van der Waals surface area (Å²) in [6.07, 6.45) is 3.13. The fourth-order valence-electron chi connectivity index (χ4n) is 2.58. The largest absolute Gasteiger partial charge is 0.439 e. The summed E-state index contributed by atoms with van der Waals surface area (Å²) in [5.41, 5.74) is 14.6. The molecule has 0 spiro atoms. The lowest BCUT2D eigenvalue weighted by atomic mass is 10.1. The van der Waals surface area contributed by atoms with Crippen LogP contribution in [0.5, 0.6) is 23.3 Å². The summed E-state index contributed by atoms with van der Waals surface area (Å²) in [5.74, 6) is 2.41. The van der Waals surface area contributed by atoms with Gasteiger partial charge in [-0.15, -0.1) is 0 Å². The predicted molar refractivity (Wildman–Crippen MR) is 109 cm³/mol. The van der Waals surface area contributed by atoms with Crippen LogP contribution in [-0.4, -0.2) is 9.97 Å². The first-order valence-electron chi connectivity index (χ1n) is 8.65. The molecule has 0 amide bonds. The van der Waals surface area contributed by atoms with Crippen LogP contribution in [0.15, 0.2) is 85.2 Å². The Morgan fingerprint density at radius 2 is 0.893 bits per heavy atom. The van der Waals surface area contributed by atoms with Crippen LogP contribution in [0.25, 0.3) is 11.1 Å². The van der Waals surface area contributed by atoms with Gasteiger partial charge in [0.2, 0.25) is 11.8 Å². The first-order valence-corrected chi connectivity index (χ1v) is 8.65. The molecule has 0 atom stereocenters. The SMILES string of the molecule is Nc1ccc(Oc2ccc(-c3ccc(Oc4ccc(N)cn4)cc3)cc2)nc1. The molecule has 0 aliphatic heterocycles. The fraction of sp³-hybridized carbons (Fsp3) is 0. The molecule has 28 heavy (non-hydrogen) atoms. The minimum absolute atomic E-state index is 0.500. The predicted octanol–water partition coefficient (Wildman–Crippen LogP) is 4.89. The van der Waals surface area contributed by atoms with E-state index in [1.54, 1.807) is 36.7 Å². The molecule has 0 aliphatic rings. The zero-order valence-corrected chi connectivity index (χ0v) is 14.9. The number of hydrogen-bond acceptors (Lipinski definition) is 6. The Bertz CT molecular complexity index is 957. The van der Waals surface area contributed by atoms with Crippen LogP contribution in [0.3, 0.4) is 0 Å². The maximum atomic E-state index is 5.72. The molecule has 4 rings (SSSR count). The number of pyridine rings is 2. The molecule has 0 unspecified atom stereocenters. The van der Waals surface area contributed by atoms with Crippen molar-refractivity contribution in [1.82, 2.24) is 9.97 Å². The number of rotatable bonds is 5. The van der Waals surface area contributed by atoms with Crippen molar-refractivity contribution in [3.63, 3.8) is 0 Å². The normalized spacial score (nSPS) is 10.4. The number of benzene rings is 2. The lowest BCUT2D eigenvalue weighted by Gasteiger charge is -2.08. The summed E-state index contributed by atoms with van der Waals surface area (Å²) in [4.78, 5) is 8.26. The van der Waals surface area contributed by atoms with E-state index in [0.29, 0.717) is 34.6 Å². The fourth-order valence-corrected chi connectivity index (χ4v) is 2.58. The van der Waals surface area contributed by atoms with E-state index < -0.39 is 0 Å². The van der Waals surface area contributed by atoms with E-state index in [1.807, 2.05) is 48.5 Å². The number of ether oxygens (including phenoxy) is 2. The van der Waals surface area contributed by atoms with Crippen molar-refractivity contribution < 1.29 is 9.47 Å². The van der Waals surface area contributed by atoms with Crippen molar-refractivity contribution >= 4 is 11.4 Å². The van der Waals surface area contributed by atoms with Crippen LogP contribution in [0.2, 0.25) is 0 Å². The van der Waals surface area contributed by atoms with Crippen molar-refractivity contribution in [2.24, 2.45) is 0 Å². The number of anilines is 2. The van der Waals surface area contributed by atoms with Crippen LogP contribution in [0, 0.1) is 0 Å². The summed E-state index contributed by atoms with van der Waals surface area (Å²) in [5, 5.41) is 0. The minimum Gasteiger partial charge on any atom is -0.439 e. The summed E-state index contributed by atoms with van der Waals surface area (Å²) in [6.45, 7) is 0. The number of aromatic nitrogens is 2. The molecule has 4 aromatic rings. The molecule has 0 bridgehead atoms. The summed E-state index contributed by atoms with van der Waals surface area (Å²) < 4.78 is 11.4. The molecule has 138 valence electrons. The van der Waals surface area contributed by atoms with Gasteiger partial charge in [-0.2, -0.15) is 0 Å². The van der Waals surface area contributed by atoms with E-state index in [9.17, 15) is 0 Å². The van der Waals surface area contributed by atoms with E-state index in [4.69, 9.17) is 20.9 Å². The Morgan fingerprint density at radius 1 is 0.500 bits per heavy atom. The first kappa shape index (κ1) is 17.4. The number of nitrogens with zero attached hydrogens (tertiary/aromatic N) is 2. The Kier molecular flexibility index (Phi) is 4.76. The zero-order chi connectivity index (χ0) is 19.3. The number of nitrogens with two attached hydrogens (primary N) is 2. The van der Waals surface area contributed by atoms with Gasteiger partial charge in [-0.25, -0.2) is 9.97 Å². The van der Waals surface area contributed by atoms with Gasteiger partial charge in [0.25, 0.3) is 0 Å². The third-order valence-corrected chi connectivity index (χ3v) is 4.01. The first-order chi connectivity index (χ1) is 13.7. The van der Waals surface area contributed by atoms with Gasteiger partial charge in [0.1, 0.15) is 11.5 Å².